The summed E-state index contributed by atoms with van der Waals surface area (Å²) in [6, 6.07) is 2.34. The highest BCUT2D eigenvalue weighted by molar-refractivity contribution is 5.83. The summed E-state index contributed by atoms with van der Waals surface area (Å²) >= 11 is 0. The number of fused-ring (bicyclic) bond motifs is 5. The van der Waals surface area contributed by atoms with Gasteiger partial charge in [0.2, 0.25) is 5.91 Å². The van der Waals surface area contributed by atoms with Gasteiger partial charge in [-0.3, -0.25) is 14.6 Å². The minimum Gasteiger partial charge on any atom is -0.480 e. The van der Waals surface area contributed by atoms with E-state index in [2.05, 4.69) is 24.2 Å². The summed E-state index contributed by atoms with van der Waals surface area (Å²) in [6.45, 7) is 4.93. The van der Waals surface area contributed by atoms with E-state index in [1.165, 1.54) is 6.07 Å². The number of carboxylic acid groups (broad SMARTS) is 1. The highest BCUT2D eigenvalue weighted by atomic mass is 16.5. The van der Waals surface area contributed by atoms with Crippen LogP contribution in [-0.2, 0) is 19.1 Å². The first-order valence-corrected chi connectivity index (χ1v) is 17.8. The molecule has 9 atom stereocenters. The number of aliphatic hydroxyl groups is 1. The van der Waals surface area contributed by atoms with Gasteiger partial charge in [0.15, 0.2) is 5.96 Å². The van der Waals surface area contributed by atoms with E-state index in [1.807, 2.05) is 6.07 Å². The Morgan fingerprint density at radius 2 is 1.79 bits per heavy atom. The summed E-state index contributed by atoms with van der Waals surface area (Å²) < 4.78 is 11.2. The molecule has 4 aliphatic carbocycles. The molecule has 1 amide bonds. The highest BCUT2D eigenvalue weighted by Crippen LogP contribution is 2.70. The number of unbranched alkanes of at least 4 members (excludes halogenated alkanes) is 1. The lowest BCUT2D eigenvalue weighted by Crippen LogP contribution is -2.62. The number of esters is 1. The molecule has 48 heavy (non-hydrogen) atoms. The van der Waals surface area contributed by atoms with Gasteiger partial charge < -0.3 is 36.2 Å². The summed E-state index contributed by atoms with van der Waals surface area (Å²) in [7, 11) is 0. The number of carbonyl (C=O) groups is 3. The number of nitrogens with zero attached hydrogens (tertiary/aromatic N) is 1. The van der Waals surface area contributed by atoms with Gasteiger partial charge in [-0.15, -0.1) is 0 Å². The van der Waals surface area contributed by atoms with Crippen molar-refractivity contribution in [3.8, 4) is 0 Å². The molecular formula is C36H54N4O8. The number of ether oxygens (including phenoxy) is 1. The number of guanidine groups is 1. The molecule has 0 radical (unpaired) electrons. The van der Waals surface area contributed by atoms with Gasteiger partial charge in [0.1, 0.15) is 12.1 Å². The number of rotatable bonds is 13. The molecule has 7 N–H and O–H groups in total. The van der Waals surface area contributed by atoms with Crippen LogP contribution in [0.2, 0.25) is 0 Å². The molecule has 0 bridgehead atoms. The predicted molar refractivity (Wildman–Crippen MR) is 179 cm³/mol. The van der Waals surface area contributed by atoms with Crippen LogP contribution >= 0.6 is 0 Å². The second-order valence-corrected chi connectivity index (χ2v) is 15.4. The topological polar surface area (TPSA) is 208 Å². The molecule has 4 saturated carbocycles. The second kappa shape index (κ2) is 14.6. The van der Waals surface area contributed by atoms with Crippen LogP contribution in [0.15, 0.2) is 32.6 Å². The van der Waals surface area contributed by atoms with Crippen LogP contribution in [0.25, 0.3) is 0 Å². The van der Waals surface area contributed by atoms with Crippen LogP contribution in [0.5, 0.6) is 0 Å². The summed E-state index contributed by atoms with van der Waals surface area (Å²) in [5.74, 6) is -0.547. The van der Waals surface area contributed by atoms with E-state index in [1.54, 1.807) is 6.26 Å². The van der Waals surface area contributed by atoms with Crippen LogP contribution in [0.3, 0.4) is 0 Å². The van der Waals surface area contributed by atoms with E-state index in [4.69, 9.17) is 20.6 Å². The van der Waals surface area contributed by atoms with Crippen molar-refractivity contribution in [3.05, 3.63) is 34.4 Å². The highest BCUT2D eigenvalue weighted by Gasteiger charge is 2.67. The van der Waals surface area contributed by atoms with Crippen LogP contribution in [0.1, 0.15) is 122 Å². The maximum Gasteiger partial charge on any atom is 0.335 e. The molecule has 4 aliphatic rings. The Hall–Kier alpha value is -3.41. The standard InChI is InChI=1S/C36H54N4O8/c1-34-16-13-24(48-31(43)8-4-3-7-29(41)40-28(32(44)45)6-5-19-39-33(37)38)20-23(34)10-11-27-26(34)14-17-35(2)25(15-18-36(27,35)46)22-9-12-30(42)47-21-22/h9,12,21,23-28,46H,3-8,10-11,13-20H2,1-2H3,(H,40,41)(H,44,45)(H4,37,38,39)/t23-,24+,25-,26-,27+,28+,34+,35-,36+/m1/s1. The van der Waals surface area contributed by atoms with E-state index in [0.717, 1.165) is 63.4 Å². The minimum absolute atomic E-state index is 0.0618. The maximum absolute atomic E-state index is 12.8. The molecule has 1 heterocycles. The number of aliphatic imine (C=N–C) groups is 1. The summed E-state index contributed by atoms with van der Waals surface area (Å²) in [5.41, 5.74) is 10.3. The van der Waals surface area contributed by atoms with Crippen molar-refractivity contribution in [1.29, 1.82) is 0 Å². The molecule has 1 aromatic rings. The van der Waals surface area contributed by atoms with Crippen molar-refractivity contribution in [1.82, 2.24) is 5.32 Å². The first-order valence-electron chi connectivity index (χ1n) is 17.8. The largest absolute Gasteiger partial charge is 0.480 e. The fourth-order valence-corrected chi connectivity index (χ4v) is 10.2. The van der Waals surface area contributed by atoms with Gasteiger partial charge >= 0.3 is 17.6 Å². The van der Waals surface area contributed by atoms with Gasteiger partial charge in [0, 0.05) is 30.9 Å². The normalized spacial score (nSPS) is 34.5. The lowest BCUT2D eigenvalue weighted by molar-refractivity contribution is -0.207. The number of amides is 1. The summed E-state index contributed by atoms with van der Waals surface area (Å²) in [6.07, 6.45) is 11.6. The molecule has 0 unspecified atom stereocenters. The monoisotopic (exact) mass is 670 g/mol. The van der Waals surface area contributed by atoms with Crippen molar-refractivity contribution in [2.45, 2.75) is 134 Å². The van der Waals surface area contributed by atoms with Gasteiger partial charge in [-0.1, -0.05) is 13.8 Å². The Morgan fingerprint density at radius 1 is 1.02 bits per heavy atom. The van der Waals surface area contributed by atoms with Gasteiger partial charge in [0.05, 0.1) is 11.9 Å². The quantitative estimate of drug-likeness (QED) is 0.0883. The van der Waals surface area contributed by atoms with Gasteiger partial charge in [-0.25, -0.2) is 9.59 Å². The van der Waals surface area contributed by atoms with E-state index in [-0.39, 0.29) is 78.0 Å². The van der Waals surface area contributed by atoms with Gasteiger partial charge in [0.25, 0.3) is 0 Å². The molecule has 4 fully saturated rings. The molecule has 0 aliphatic heterocycles. The van der Waals surface area contributed by atoms with E-state index in [9.17, 15) is 29.4 Å². The van der Waals surface area contributed by atoms with Crippen molar-refractivity contribution < 1.29 is 33.8 Å². The van der Waals surface area contributed by atoms with Crippen molar-refractivity contribution >= 4 is 23.8 Å². The fourth-order valence-electron chi connectivity index (χ4n) is 10.2. The fraction of sp³-hybridized carbons (Fsp3) is 0.750. The Bertz CT molecular complexity index is 1410. The number of carboxylic acids is 1. The molecule has 1 aromatic heterocycles. The minimum atomic E-state index is -1.11. The Morgan fingerprint density at radius 3 is 2.50 bits per heavy atom. The molecule has 266 valence electrons. The van der Waals surface area contributed by atoms with Crippen LogP contribution in [0.4, 0.5) is 0 Å². The average molecular weight is 671 g/mol. The number of hydrogen-bond donors (Lipinski definition) is 5. The first-order chi connectivity index (χ1) is 22.8. The molecule has 0 saturated heterocycles. The zero-order valence-corrected chi connectivity index (χ0v) is 28.5. The summed E-state index contributed by atoms with van der Waals surface area (Å²) in [5, 5.41) is 24.4. The third-order valence-corrected chi connectivity index (χ3v) is 12.8. The third-order valence-electron chi connectivity index (χ3n) is 12.8. The lowest BCUT2D eigenvalue weighted by atomic mass is 9.43. The zero-order chi connectivity index (χ0) is 34.7. The van der Waals surface area contributed by atoms with Gasteiger partial charge in [-0.2, -0.15) is 0 Å². The SMILES string of the molecule is C[C@]12CC[C@H](OC(=O)CCCCC(=O)N[C@@H](CCCN=C(N)N)C(=O)O)C[C@H]1CC[C@H]1[C@H]2CC[C@]2(C)[C@@H](c3ccc(=O)oc3)CC[C@]12O. The smallest absolute Gasteiger partial charge is 0.335 e. The molecule has 12 heteroatoms. The molecule has 0 spiro atoms. The third kappa shape index (κ3) is 7.28. The Kier molecular flexibility index (Phi) is 10.9. The van der Waals surface area contributed by atoms with Crippen molar-refractivity contribution in [2.24, 2.45) is 45.0 Å². The molecular weight excluding hydrogens is 616 g/mol. The Labute approximate surface area is 282 Å². The maximum atomic E-state index is 12.8. The average Bonchev–Trinajstić information content (AvgIpc) is 3.32. The number of nitrogens with one attached hydrogen (secondary N) is 1. The van der Waals surface area contributed by atoms with E-state index < -0.39 is 17.6 Å². The summed E-state index contributed by atoms with van der Waals surface area (Å²) in [4.78, 5) is 52.0. The van der Waals surface area contributed by atoms with Crippen LogP contribution in [-0.4, -0.2) is 58.3 Å². The van der Waals surface area contributed by atoms with E-state index in [0.29, 0.717) is 31.1 Å². The van der Waals surface area contributed by atoms with E-state index >= 15 is 0 Å². The number of aliphatic carboxylic acids is 1. The molecule has 0 aromatic carbocycles. The van der Waals surface area contributed by atoms with Crippen molar-refractivity contribution in [3.63, 3.8) is 0 Å². The van der Waals surface area contributed by atoms with Gasteiger partial charge in [-0.05, 0) is 124 Å². The lowest BCUT2D eigenvalue weighted by Gasteiger charge is -2.63. The van der Waals surface area contributed by atoms with Crippen molar-refractivity contribution in [2.75, 3.05) is 6.54 Å². The zero-order valence-electron chi connectivity index (χ0n) is 28.5. The number of nitrogens with two attached hydrogens (primary N) is 2. The number of carbonyl (C=O) groups excluding carboxylic acids is 2. The molecule has 5 rings (SSSR count). The Balaban J connectivity index is 1.07. The van der Waals surface area contributed by atoms with Crippen LogP contribution < -0.4 is 22.4 Å². The predicted octanol–water partition coefficient (Wildman–Crippen LogP) is 3.98. The molecule has 12 nitrogen and oxygen atoms in total. The number of hydrogen-bond acceptors (Lipinski definition) is 8. The second-order valence-electron chi connectivity index (χ2n) is 15.4. The van der Waals surface area contributed by atoms with Crippen LogP contribution in [0, 0.1) is 28.6 Å². The first kappa shape index (κ1) is 35.9.